The number of amides is 1. The van der Waals surface area contributed by atoms with Crippen molar-refractivity contribution in [3.05, 3.63) is 24.0 Å². The number of aromatic amines is 1. The van der Waals surface area contributed by atoms with Crippen LogP contribution in [0.5, 0.6) is 0 Å². The minimum Gasteiger partial charge on any atom is -0.352 e. The summed E-state index contributed by atoms with van der Waals surface area (Å²) in [4.78, 5) is 16.4. The van der Waals surface area contributed by atoms with Crippen LogP contribution in [0.15, 0.2) is 18.5 Å². The summed E-state index contributed by atoms with van der Waals surface area (Å²) in [5.74, 6) is 0.663. The molecular formula is C16H20N4O. The summed E-state index contributed by atoms with van der Waals surface area (Å²) in [6, 6.07) is 1.84. The van der Waals surface area contributed by atoms with E-state index in [1.807, 2.05) is 6.07 Å². The predicted octanol–water partition coefficient (Wildman–Crippen LogP) is 2.66. The Bertz CT molecular complexity index is 672. The second-order valence-corrected chi connectivity index (χ2v) is 6.57. The maximum Gasteiger partial charge on any atom is 0.252 e. The number of aromatic nitrogens is 3. The molecule has 2 aromatic rings. The number of carbonyl (C=O) groups is 1. The highest BCUT2D eigenvalue weighted by atomic mass is 16.1. The number of nitrogens with zero attached hydrogens (tertiary/aromatic N) is 2. The van der Waals surface area contributed by atoms with Gasteiger partial charge in [0, 0.05) is 18.1 Å². The molecule has 4 rings (SSSR count). The lowest BCUT2D eigenvalue weighted by molar-refractivity contribution is 0.0949. The van der Waals surface area contributed by atoms with E-state index in [1.165, 1.54) is 38.5 Å². The number of nitrogens with one attached hydrogen (secondary N) is 2. The summed E-state index contributed by atoms with van der Waals surface area (Å²) in [6.07, 6.45) is 11.4. The molecule has 5 nitrogen and oxygen atoms in total. The van der Waals surface area contributed by atoms with Gasteiger partial charge in [0.25, 0.3) is 5.91 Å². The summed E-state index contributed by atoms with van der Waals surface area (Å²) in [7, 11) is 0. The third-order valence-electron chi connectivity index (χ3n) is 5.27. The van der Waals surface area contributed by atoms with Crippen molar-refractivity contribution < 1.29 is 4.79 Å². The maximum atomic E-state index is 12.2. The quantitative estimate of drug-likeness (QED) is 0.910. The molecule has 2 saturated carbocycles. The van der Waals surface area contributed by atoms with Crippen molar-refractivity contribution in [1.82, 2.24) is 20.5 Å². The van der Waals surface area contributed by atoms with Gasteiger partial charge in [0.1, 0.15) is 0 Å². The van der Waals surface area contributed by atoms with Crippen molar-refractivity contribution in [3.8, 4) is 0 Å². The average molecular weight is 284 g/mol. The molecule has 0 aromatic carbocycles. The topological polar surface area (TPSA) is 70.7 Å². The van der Waals surface area contributed by atoms with Gasteiger partial charge in [0.05, 0.1) is 11.8 Å². The van der Waals surface area contributed by atoms with E-state index in [1.54, 1.807) is 12.4 Å². The van der Waals surface area contributed by atoms with E-state index >= 15 is 0 Å². The first-order valence-electron chi connectivity index (χ1n) is 7.84. The van der Waals surface area contributed by atoms with Crippen LogP contribution >= 0.6 is 0 Å². The smallest absolute Gasteiger partial charge is 0.252 e. The van der Waals surface area contributed by atoms with Crippen LogP contribution in [0.25, 0.3) is 11.0 Å². The monoisotopic (exact) mass is 284 g/mol. The Morgan fingerprint density at radius 1 is 1.33 bits per heavy atom. The number of hydrogen-bond acceptors (Lipinski definition) is 3. The molecule has 0 bridgehead atoms. The Morgan fingerprint density at radius 3 is 3.05 bits per heavy atom. The summed E-state index contributed by atoms with van der Waals surface area (Å²) in [6.45, 7) is 0.808. The third kappa shape index (κ3) is 2.30. The number of carbonyl (C=O) groups excluding carboxylic acids is 1. The summed E-state index contributed by atoms with van der Waals surface area (Å²) < 4.78 is 0. The van der Waals surface area contributed by atoms with Crippen molar-refractivity contribution in [1.29, 1.82) is 0 Å². The zero-order chi connectivity index (χ0) is 14.3. The van der Waals surface area contributed by atoms with E-state index in [-0.39, 0.29) is 5.91 Å². The van der Waals surface area contributed by atoms with Crippen molar-refractivity contribution in [2.75, 3.05) is 6.54 Å². The molecule has 2 aliphatic carbocycles. The predicted molar refractivity (Wildman–Crippen MR) is 79.8 cm³/mol. The lowest BCUT2D eigenvalue weighted by Gasteiger charge is -2.22. The van der Waals surface area contributed by atoms with Gasteiger partial charge in [0.2, 0.25) is 0 Å². The summed E-state index contributed by atoms with van der Waals surface area (Å²) in [5.41, 5.74) is 1.90. The summed E-state index contributed by atoms with van der Waals surface area (Å²) in [5, 5.41) is 10.7. The van der Waals surface area contributed by atoms with Crippen molar-refractivity contribution >= 4 is 16.9 Å². The molecule has 1 amide bonds. The SMILES string of the molecule is O=C(NCC1CC12CCCCC2)c1cnc2[nH]ncc2c1. The first kappa shape index (κ1) is 12.8. The largest absolute Gasteiger partial charge is 0.352 e. The van der Waals surface area contributed by atoms with Gasteiger partial charge in [-0.2, -0.15) is 5.10 Å². The van der Waals surface area contributed by atoms with Gasteiger partial charge in [-0.25, -0.2) is 4.98 Å². The highest BCUT2D eigenvalue weighted by Gasteiger charge is 2.53. The number of fused-ring (bicyclic) bond motifs is 1. The zero-order valence-corrected chi connectivity index (χ0v) is 12.1. The van der Waals surface area contributed by atoms with Gasteiger partial charge in [-0.15, -0.1) is 0 Å². The van der Waals surface area contributed by atoms with E-state index < -0.39 is 0 Å². The van der Waals surface area contributed by atoms with Crippen LogP contribution in [0.2, 0.25) is 0 Å². The first-order valence-corrected chi connectivity index (χ1v) is 7.84. The number of rotatable bonds is 3. The Labute approximate surface area is 123 Å². The molecule has 21 heavy (non-hydrogen) atoms. The van der Waals surface area contributed by atoms with Gasteiger partial charge < -0.3 is 5.32 Å². The second kappa shape index (κ2) is 4.83. The van der Waals surface area contributed by atoms with E-state index in [2.05, 4.69) is 20.5 Å². The van der Waals surface area contributed by atoms with E-state index in [9.17, 15) is 4.79 Å². The third-order valence-corrected chi connectivity index (χ3v) is 5.27. The Morgan fingerprint density at radius 2 is 2.19 bits per heavy atom. The zero-order valence-electron chi connectivity index (χ0n) is 12.1. The highest BCUT2D eigenvalue weighted by Crippen LogP contribution is 2.60. The minimum atomic E-state index is -0.0246. The van der Waals surface area contributed by atoms with Gasteiger partial charge in [0.15, 0.2) is 5.65 Å². The van der Waals surface area contributed by atoms with Gasteiger partial charge >= 0.3 is 0 Å². The van der Waals surface area contributed by atoms with Crippen LogP contribution in [0, 0.1) is 11.3 Å². The Hall–Kier alpha value is -1.91. The molecule has 1 atom stereocenters. The standard InChI is InChI=1S/C16H20N4O/c21-15(12-6-11-9-19-20-14(11)17-8-12)18-10-13-7-16(13)4-2-1-3-5-16/h6,8-9,13H,1-5,7,10H2,(H,18,21)(H,17,19,20). The fourth-order valence-corrected chi connectivity index (χ4v) is 3.87. The lowest BCUT2D eigenvalue weighted by Crippen LogP contribution is -2.27. The molecule has 2 heterocycles. The maximum absolute atomic E-state index is 12.2. The van der Waals surface area contributed by atoms with Crippen molar-refractivity contribution in [2.45, 2.75) is 38.5 Å². The average Bonchev–Trinajstić information content (AvgIpc) is 2.97. The molecule has 2 aliphatic rings. The van der Waals surface area contributed by atoms with Crippen LogP contribution in [0.1, 0.15) is 48.9 Å². The Kier molecular flexibility index (Phi) is 2.94. The fraction of sp³-hybridized carbons (Fsp3) is 0.562. The van der Waals surface area contributed by atoms with Gasteiger partial charge in [-0.05, 0) is 36.7 Å². The van der Waals surface area contributed by atoms with Crippen LogP contribution in [-0.2, 0) is 0 Å². The van der Waals surface area contributed by atoms with Crippen molar-refractivity contribution in [3.63, 3.8) is 0 Å². The van der Waals surface area contributed by atoms with Crippen molar-refractivity contribution in [2.24, 2.45) is 11.3 Å². The van der Waals surface area contributed by atoms with E-state index in [0.29, 0.717) is 16.9 Å². The number of pyridine rings is 1. The molecule has 1 unspecified atom stereocenters. The number of hydrogen-bond donors (Lipinski definition) is 2. The van der Waals surface area contributed by atoms with E-state index in [4.69, 9.17) is 0 Å². The molecule has 2 aromatic heterocycles. The first-order chi connectivity index (χ1) is 10.3. The normalized spacial score (nSPS) is 23.3. The lowest BCUT2D eigenvalue weighted by atomic mass is 9.84. The molecule has 1 spiro atoms. The summed E-state index contributed by atoms with van der Waals surface area (Å²) >= 11 is 0. The number of H-pyrrole nitrogens is 1. The van der Waals surface area contributed by atoms with Crippen LogP contribution in [-0.4, -0.2) is 27.6 Å². The van der Waals surface area contributed by atoms with Gasteiger partial charge in [-0.3, -0.25) is 9.89 Å². The van der Waals surface area contributed by atoms with Crippen LogP contribution in [0.3, 0.4) is 0 Å². The fourth-order valence-electron chi connectivity index (χ4n) is 3.87. The molecule has 2 N–H and O–H groups in total. The molecule has 110 valence electrons. The Balaban J connectivity index is 1.38. The highest BCUT2D eigenvalue weighted by molar-refractivity contribution is 5.96. The molecule has 0 aliphatic heterocycles. The van der Waals surface area contributed by atoms with Crippen LogP contribution < -0.4 is 5.32 Å². The second-order valence-electron chi connectivity index (χ2n) is 6.57. The minimum absolute atomic E-state index is 0.0246. The van der Waals surface area contributed by atoms with Gasteiger partial charge in [-0.1, -0.05) is 19.3 Å². The molecule has 2 fully saturated rings. The van der Waals surface area contributed by atoms with Crippen LogP contribution in [0.4, 0.5) is 0 Å². The van der Waals surface area contributed by atoms with E-state index in [0.717, 1.165) is 17.6 Å². The molecule has 0 radical (unpaired) electrons. The molecule has 5 heteroatoms. The molecular weight excluding hydrogens is 264 g/mol. The molecule has 0 saturated heterocycles.